The van der Waals surface area contributed by atoms with E-state index in [1.54, 1.807) is 0 Å². The van der Waals surface area contributed by atoms with Crippen molar-refractivity contribution in [3.8, 4) is 0 Å². The average molecular weight is 221 g/mol. The fourth-order valence-electron chi connectivity index (χ4n) is 2.86. The standard InChI is InChI=1S/C13H23N3/c1-3-11-5-4-6-12(7-11)16-9-15-8-13(16)10(2)14/h8-12H,3-7,14H2,1-2H3/t10-,11?,12?/m0/s1. The minimum atomic E-state index is 0.0875. The van der Waals surface area contributed by atoms with Crippen LogP contribution in [-0.2, 0) is 0 Å². The Hall–Kier alpha value is -0.830. The number of imidazole rings is 1. The van der Waals surface area contributed by atoms with Gasteiger partial charge in [-0.25, -0.2) is 4.98 Å². The van der Waals surface area contributed by atoms with Gasteiger partial charge in [-0.3, -0.25) is 0 Å². The first kappa shape index (κ1) is 11.6. The van der Waals surface area contributed by atoms with Gasteiger partial charge in [0.05, 0.1) is 12.0 Å². The second-order valence-electron chi connectivity index (χ2n) is 5.11. The van der Waals surface area contributed by atoms with Gasteiger partial charge in [-0.1, -0.05) is 26.2 Å². The molecule has 0 aliphatic heterocycles. The largest absolute Gasteiger partial charge is 0.330 e. The van der Waals surface area contributed by atoms with Crippen molar-refractivity contribution in [1.29, 1.82) is 0 Å². The molecule has 3 heteroatoms. The molecule has 0 bridgehead atoms. The van der Waals surface area contributed by atoms with Crippen LogP contribution < -0.4 is 5.73 Å². The van der Waals surface area contributed by atoms with Crippen molar-refractivity contribution >= 4 is 0 Å². The van der Waals surface area contributed by atoms with Gasteiger partial charge in [0.25, 0.3) is 0 Å². The van der Waals surface area contributed by atoms with E-state index >= 15 is 0 Å². The minimum absolute atomic E-state index is 0.0875. The molecule has 2 N–H and O–H groups in total. The first-order valence-corrected chi connectivity index (χ1v) is 6.49. The topological polar surface area (TPSA) is 43.8 Å². The highest BCUT2D eigenvalue weighted by molar-refractivity contribution is 5.05. The predicted octanol–water partition coefficient (Wildman–Crippen LogP) is 3.04. The molecule has 0 spiro atoms. The molecule has 0 saturated heterocycles. The summed E-state index contributed by atoms with van der Waals surface area (Å²) in [5.41, 5.74) is 7.15. The third-order valence-electron chi connectivity index (χ3n) is 3.89. The number of nitrogens with zero attached hydrogens (tertiary/aromatic N) is 2. The van der Waals surface area contributed by atoms with Gasteiger partial charge in [-0.15, -0.1) is 0 Å². The fraction of sp³-hybridized carbons (Fsp3) is 0.769. The van der Waals surface area contributed by atoms with Crippen molar-refractivity contribution in [3.05, 3.63) is 18.2 Å². The molecule has 0 radical (unpaired) electrons. The Balaban J connectivity index is 2.13. The monoisotopic (exact) mass is 221 g/mol. The summed E-state index contributed by atoms with van der Waals surface area (Å²) >= 11 is 0. The van der Waals surface area contributed by atoms with Gasteiger partial charge in [-0.2, -0.15) is 0 Å². The first-order chi connectivity index (χ1) is 7.72. The van der Waals surface area contributed by atoms with Gasteiger partial charge in [0, 0.05) is 18.3 Å². The van der Waals surface area contributed by atoms with Crippen molar-refractivity contribution in [3.63, 3.8) is 0 Å². The Kier molecular flexibility index (Phi) is 3.64. The number of hydrogen-bond donors (Lipinski definition) is 1. The summed E-state index contributed by atoms with van der Waals surface area (Å²) in [4.78, 5) is 4.25. The van der Waals surface area contributed by atoms with E-state index < -0.39 is 0 Å². The van der Waals surface area contributed by atoms with Crippen LogP contribution in [0, 0.1) is 5.92 Å². The zero-order chi connectivity index (χ0) is 11.5. The predicted molar refractivity (Wildman–Crippen MR) is 66.1 cm³/mol. The number of rotatable bonds is 3. The molecule has 1 aromatic heterocycles. The highest BCUT2D eigenvalue weighted by Crippen LogP contribution is 2.35. The molecule has 2 unspecified atom stereocenters. The summed E-state index contributed by atoms with van der Waals surface area (Å²) in [7, 11) is 0. The second kappa shape index (κ2) is 5.00. The molecular formula is C13H23N3. The lowest BCUT2D eigenvalue weighted by Crippen LogP contribution is -2.22. The fourth-order valence-corrected chi connectivity index (χ4v) is 2.86. The van der Waals surface area contributed by atoms with Crippen LogP contribution in [0.3, 0.4) is 0 Å². The van der Waals surface area contributed by atoms with Crippen molar-refractivity contribution in [1.82, 2.24) is 9.55 Å². The van der Waals surface area contributed by atoms with E-state index in [1.807, 2.05) is 19.4 Å². The number of aromatic nitrogens is 2. The maximum atomic E-state index is 5.97. The van der Waals surface area contributed by atoms with E-state index in [4.69, 9.17) is 5.73 Å². The quantitative estimate of drug-likeness (QED) is 0.852. The van der Waals surface area contributed by atoms with Crippen molar-refractivity contribution in [2.45, 2.75) is 58.0 Å². The highest BCUT2D eigenvalue weighted by Gasteiger charge is 2.23. The van der Waals surface area contributed by atoms with Crippen molar-refractivity contribution < 1.29 is 0 Å². The molecule has 1 aliphatic carbocycles. The summed E-state index contributed by atoms with van der Waals surface area (Å²) in [6.45, 7) is 4.33. The smallest absolute Gasteiger partial charge is 0.0951 e. The van der Waals surface area contributed by atoms with E-state index in [0.29, 0.717) is 6.04 Å². The van der Waals surface area contributed by atoms with E-state index in [-0.39, 0.29) is 6.04 Å². The molecule has 1 fully saturated rings. The SMILES string of the molecule is CCC1CCCC(n2cncc2[C@H](C)N)C1. The van der Waals surface area contributed by atoms with Crippen LogP contribution in [0.5, 0.6) is 0 Å². The molecule has 1 aromatic rings. The summed E-state index contributed by atoms with van der Waals surface area (Å²) in [5, 5.41) is 0. The molecule has 1 saturated carbocycles. The van der Waals surface area contributed by atoms with Gasteiger partial charge >= 0.3 is 0 Å². The Morgan fingerprint density at radius 2 is 2.38 bits per heavy atom. The van der Waals surface area contributed by atoms with Crippen LogP contribution in [0.4, 0.5) is 0 Å². The molecule has 1 aliphatic rings. The molecule has 0 aromatic carbocycles. The maximum absolute atomic E-state index is 5.97. The first-order valence-electron chi connectivity index (χ1n) is 6.49. The summed E-state index contributed by atoms with van der Waals surface area (Å²) in [6.07, 6.45) is 10.5. The number of nitrogens with two attached hydrogens (primary N) is 1. The van der Waals surface area contributed by atoms with E-state index in [0.717, 1.165) is 5.92 Å². The van der Waals surface area contributed by atoms with Gasteiger partial charge in [0.2, 0.25) is 0 Å². The molecule has 3 nitrogen and oxygen atoms in total. The lowest BCUT2D eigenvalue weighted by Gasteiger charge is -2.31. The minimum Gasteiger partial charge on any atom is -0.330 e. The van der Waals surface area contributed by atoms with Gasteiger partial charge in [0.1, 0.15) is 0 Å². The Morgan fingerprint density at radius 3 is 3.06 bits per heavy atom. The second-order valence-corrected chi connectivity index (χ2v) is 5.11. The van der Waals surface area contributed by atoms with Crippen molar-refractivity contribution in [2.24, 2.45) is 11.7 Å². The molecule has 2 rings (SSSR count). The van der Waals surface area contributed by atoms with E-state index in [1.165, 1.54) is 37.8 Å². The van der Waals surface area contributed by atoms with Crippen LogP contribution in [0.1, 0.15) is 63.7 Å². The van der Waals surface area contributed by atoms with E-state index in [2.05, 4.69) is 16.5 Å². The van der Waals surface area contributed by atoms with Crippen LogP contribution in [0.15, 0.2) is 12.5 Å². The highest BCUT2D eigenvalue weighted by atomic mass is 15.1. The van der Waals surface area contributed by atoms with Gasteiger partial charge in [-0.05, 0) is 25.7 Å². The summed E-state index contributed by atoms with van der Waals surface area (Å²) < 4.78 is 2.31. The molecule has 90 valence electrons. The lowest BCUT2D eigenvalue weighted by atomic mass is 9.84. The van der Waals surface area contributed by atoms with Gasteiger partial charge < -0.3 is 10.3 Å². The summed E-state index contributed by atoms with van der Waals surface area (Å²) in [6, 6.07) is 0.715. The van der Waals surface area contributed by atoms with Crippen LogP contribution in [0.2, 0.25) is 0 Å². The average Bonchev–Trinajstić information content (AvgIpc) is 2.78. The Morgan fingerprint density at radius 1 is 1.56 bits per heavy atom. The van der Waals surface area contributed by atoms with Crippen molar-refractivity contribution in [2.75, 3.05) is 0 Å². The molecule has 3 atom stereocenters. The lowest BCUT2D eigenvalue weighted by molar-refractivity contribution is 0.256. The Bertz CT molecular complexity index is 330. The Labute approximate surface area is 98.1 Å². The molecule has 0 amide bonds. The van der Waals surface area contributed by atoms with Crippen LogP contribution >= 0.6 is 0 Å². The van der Waals surface area contributed by atoms with Crippen LogP contribution in [0.25, 0.3) is 0 Å². The molecule has 16 heavy (non-hydrogen) atoms. The third kappa shape index (κ3) is 2.29. The zero-order valence-corrected chi connectivity index (χ0v) is 10.4. The van der Waals surface area contributed by atoms with Gasteiger partial charge in [0.15, 0.2) is 0 Å². The van der Waals surface area contributed by atoms with E-state index in [9.17, 15) is 0 Å². The third-order valence-corrected chi connectivity index (χ3v) is 3.89. The zero-order valence-electron chi connectivity index (χ0n) is 10.4. The molecule has 1 heterocycles. The molecular weight excluding hydrogens is 198 g/mol. The number of hydrogen-bond acceptors (Lipinski definition) is 2. The van der Waals surface area contributed by atoms with Crippen LogP contribution in [-0.4, -0.2) is 9.55 Å². The summed E-state index contributed by atoms with van der Waals surface area (Å²) in [5.74, 6) is 0.891. The maximum Gasteiger partial charge on any atom is 0.0951 e. The normalized spacial score (nSPS) is 27.9.